The number of pyridine rings is 1. The van der Waals surface area contributed by atoms with Crippen molar-refractivity contribution >= 4 is 17.9 Å². The zero-order valence-electron chi connectivity index (χ0n) is 12.5. The van der Waals surface area contributed by atoms with Crippen LogP contribution in [0, 0.1) is 0 Å². The van der Waals surface area contributed by atoms with E-state index < -0.39 is 0 Å². The summed E-state index contributed by atoms with van der Waals surface area (Å²) in [4.78, 5) is 29.8. The minimum absolute atomic E-state index is 0.213. The molecule has 1 N–H and O–H groups in total. The van der Waals surface area contributed by atoms with Crippen molar-refractivity contribution in [2.75, 3.05) is 14.1 Å². The van der Waals surface area contributed by atoms with Gasteiger partial charge in [0.05, 0.1) is 0 Å². The maximum Gasteiger partial charge on any atom is 0.269 e. The van der Waals surface area contributed by atoms with E-state index in [2.05, 4.69) is 10.3 Å². The number of carbonyl (C=O) groups excluding carboxylic acids is 2. The van der Waals surface area contributed by atoms with Crippen molar-refractivity contribution in [2.45, 2.75) is 0 Å². The summed E-state index contributed by atoms with van der Waals surface area (Å²) in [6.07, 6.45) is 4.88. The number of amides is 2. The van der Waals surface area contributed by atoms with Gasteiger partial charge < -0.3 is 10.2 Å². The molecule has 0 bridgehead atoms. The highest BCUT2D eigenvalue weighted by Gasteiger charge is 2.15. The lowest BCUT2D eigenvalue weighted by Crippen LogP contribution is -2.34. The van der Waals surface area contributed by atoms with Crippen molar-refractivity contribution in [1.82, 2.24) is 15.2 Å². The Morgan fingerprint density at radius 2 is 1.68 bits per heavy atom. The molecule has 0 unspecified atom stereocenters. The van der Waals surface area contributed by atoms with Crippen molar-refractivity contribution in [3.05, 3.63) is 71.7 Å². The third-order valence-electron chi connectivity index (χ3n) is 2.94. The van der Waals surface area contributed by atoms with Gasteiger partial charge in [0.25, 0.3) is 11.8 Å². The predicted molar refractivity (Wildman–Crippen MR) is 84.8 cm³/mol. The minimum atomic E-state index is -0.323. The number of nitrogens with one attached hydrogen (secondary N) is 1. The standard InChI is InChI=1S/C17H17N3O2/c1-20(2)17(22)15(12-13-8-10-18-11-9-13)19-16(21)14-6-4-3-5-7-14/h3-12H,1-2H3,(H,19,21). The second-order valence-electron chi connectivity index (χ2n) is 4.86. The Hall–Kier alpha value is -2.95. The molecule has 5 nitrogen and oxygen atoms in total. The van der Waals surface area contributed by atoms with Gasteiger partial charge in [-0.2, -0.15) is 0 Å². The molecule has 22 heavy (non-hydrogen) atoms. The van der Waals surface area contributed by atoms with Gasteiger partial charge in [0.15, 0.2) is 0 Å². The van der Waals surface area contributed by atoms with Gasteiger partial charge in [-0.25, -0.2) is 0 Å². The van der Waals surface area contributed by atoms with E-state index in [9.17, 15) is 9.59 Å². The molecule has 0 radical (unpaired) electrons. The number of likely N-dealkylation sites (N-methyl/N-ethyl adjacent to an activating group) is 1. The van der Waals surface area contributed by atoms with Crippen LogP contribution in [-0.2, 0) is 4.79 Å². The highest BCUT2D eigenvalue weighted by Crippen LogP contribution is 2.07. The van der Waals surface area contributed by atoms with E-state index in [0.29, 0.717) is 5.56 Å². The number of hydrogen-bond acceptors (Lipinski definition) is 3. The number of carbonyl (C=O) groups is 2. The summed E-state index contributed by atoms with van der Waals surface area (Å²) in [7, 11) is 3.27. The quantitative estimate of drug-likeness (QED) is 0.877. The molecule has 0 aliphatic heterocycles. The van der Waals surface area contributed by atoms with E-state index in [4.69, 9.17) is 0 Å². The fourth-order valence-electron chi connectivity index (χ4n) is 1.80. The van der Waals surface area contributed by atoms with Gasteiger partial charge in [-0.1, -0.05) is 18.2 Å². The van der Waals surface area contributed by atoms with Crippen LogP contribution in [0.3, 0.4) is 0 Å². The molecular weight excluding hydrogens is 278 g/mol. The zero-order valence-corrected chi connectivity index (χ0v) is 12.5. The first-order valence-electron chi connectivity index (χ1n) is 6.77. The summed E-state index contributed by atoms with van der Waals surface area (Å²) in [5.41, 5.74) is 1.49. The number of benzene rings is 1. The monoisotopic (exact) mass is 295 g/mol. The molecule has 1 aromatic heterocycles. The van der Waals surface area contributed by atoms with E-state index in [1.54, 1.807) is 69.0 Å². The summed E-state index contributed by atoms with van der Waals surface area (Å²) >= 11 is 0. The second-order valence-corrected chi connectivity index (χ2v) is 4.86. The molecule has 0 fully saturated rings. The molecule has 0 aliphatic carbocycles. The SMILES string of the molecule is CN(C)C(=O)C(=Cc1ccncc1)NC(=O)c1ccccc1. The molecule has 5 heteroatoms. The van der Waals surface area contributed by atoms with Crippen molar-refractivity contribution in [3.8, 4) is 0 Å². The van der Waals surface area contributed by atoms with Gasteiger partial charge in [-0.15, -0.1) is 0 Å². The number of aromatic nitrogens is 1. The Bertz CT molecular complexity index is 680. The third kappa shape index (κ3) is 4.02. The van der Waals surface area contributed by atoms with Crippen LogP contribution in [0.5, 0.6) is 0 Å². The maximum atomic E-state index is 12.2. The van der Waals surface area contributed by atoms with Gasteiger partial charge in [0, 0.05) is 32.1 Å². The average molecular weight is 295 g/mol. The Balaban J connectivity index is 2.28. The largest absolute Gasteiger partial charge is 0.344 e. The van der Waals surface area contributed by atoms with Gasteiger partial charge in [0.2, 0.25) is 0 Å². The number of rotatable bonds is 4. The zero-order chi connectivity index (χ0) is 15.9. The molecule has 2 rings (SSSR count). The van der Waals surface area contributed by atoms with Crippen LogP contribution in [0.15, 0.2) is 60.6 Å². The van der Waals surface area contributed by atoms with Gasteiger partial charge >= 0.3 is 0 Å². The van der Waals surface area contributed by atoms with Gasteiger partial charge in [-0.05, 0) is 35.9 Å². The first-order valence-corrected chi connectivity index (χ1v) is 6.77. The molecule has 2 amide bonds. The predicted octanol–water partition coefficient (Wildman–Crippen LogP) is 1.94. The van der Waals surface area contributed by atoms with Crippen LogP contribution in [0.1, 0.15) is 15.9 Å². The molecule has 0 saturated carbocycles. The summed E-state index contributed by atoms with van der Waals surface area (Å²) in [6.45, 7) is 0. The molecular formula is C17H17N3O2. The van der Waals surface area contributed by atoms with E-state index in [-0.39, 0.29) is 17.5 Å². The summed E-state index contributed by atoms with van der Waals surface area (Å²) in [6, 6.07) is 12.3. The summed E-state index contributed by atoms with van der Waals surface area (Å²) in [5, 5.41) is 2.67. The molecule has 0 atom stereocenters. The van der Waals surface area contributed by atoms with Crippen molar-refractivity contribution in [3.63, 3.8) is 0 Å². The highest BCUT2D eigenvalue weighted by molar-refractivity contribution is 6.05. The molecule has 2 aromatic rings. The molecule has 112 valence electrons. The fourth-order valence-corrected chi connectivity index (χ4v) is 1.80. The second kappa shape index (κ2) is 7.17. The Morgan fingerprint density at radius 1 is 1.05 bits per heavy atom. The normalized spacial score (nSPS) is 10.9. The summed E-state index contributed by atoms with van der Waals surface area (Å²) < 4.78 is 0. The average Bonchev–Trinajstić information content (AvgIpc) is 2.55. The smallest absolute Gasteiger partial charge is 0.269 e. The van der Waals surface area contributed by atoms with Crippen LogP contribution in [0.4, 0.5) is 0 Å². The maximum absolute atomic E-state index is 12.2. The molecule has 0 spiro atoms. The van der Waals surface area contributed by atoms with Crippen molar-refractivity contribution in [2.24, 2.45) is 0 Å². The molecule has 0 aliphatic rings. The number of nitrogens with zero attached hydrogens (tertiary/aromatic N) is 2. The van der Waals surface area contributed by atoms with Crippen LogP contribution in [-0.4, -0.2) is 35.8 Å². The topological polar surface area (TPSA) is 62.3 Å². The molecule has 1 heterocycles. The lowest BCUT2D eigenvalue weighted by Gasteiger charge is -2.15. The van der Waals surface area contributed by atoms with Gasteiger partial charge in [-0.3, -0.25) is 14.6 Å². The van der Waals surface area contributed by atoms with Crippen LogP contribution in [0.2, 0.25) is 0 Å². The minimum Gasteiger partial charge on any atom is -0.344 e. The Morgan fingerprint density at radius 3 is 2.27 bits per heavy atom. The van der Waals surface area contributed by atoms with Crippen molar-refractivity contribution in [1.29, 1.82) is 0 Å². The van der Waals surface area contributed by atoms with Crippen molar-refractivity contribution < 1.29 is 9.59 Å². The molecule has 0 saturated heterocycles. The van der Waals surface area contributed by atoms with Gasteiger partial charge in [0.1, 0.15) is 5.70 Å². The van der Waals surface area contributed by atoms with Crippen LogP contribution >= 0.6 is 0 Å². The van der Waals surface area contributed by atoms with E-state index in [1.807, 2.05) is 6.07 Å². The van der Waals surface area contributed by atoms with Crippen LogP contribution in [0.25, 0.3) is 6.08 Å². The third-order valence-corrected chi connectivity index (χ3v) is 2.94. The lowest BCUT2D eigenvalue weighted by atomic mass is 10.2. The number of hydrogen-bond donors (Lipinski definition) is 1. The Labute approximate surface area is 129 Å². The lowest BCUT2D eigenvalue weighted by molar-refractivity contribution is -0.124. The van der Waals surface area contributed by atoms with E-state index >= 15 is 0 Å². The van der Waals surface area contributed by atoms with E-state index in [1.165, 1.54) is 4.90 Å². The van der Waals surface area contributed by atoms with Crippen LogP contribution < -0.4 is 5.32 Å². The Kier molecular flexibility index (Phi) is 5.03. The molecule has 1 aromatic carbocycles. The highest BCUT2D eigenvalue weighted by atomic mass is 16.2. The first-order chi connectivity index (χ1) is 10.6. The fraction of sp³-hybridized carbons (Fsp3) is 0.118. The summed E-state index contributed by atoms with van der Waals surface area (Å²) in [5.74, 6) is -0.600. The first kappa shape index (κ1) is 15.4. The van der Waals surface area contributed by atoms with E-state index in [0.717, 1.165) is 5.56 Å².